The van der Waals surface area contributed by atoms with Crippen LogP contribution in [0.4, 0.5) is 5.82 Å². The molecule has 3 fully saturated rings. The van der Waals surface area contributed by atoms with E-state index in [0.717, 1.165) is 37.8 Å². The molecule has 2 bridgehead atoms. The molecule has 3 unspecified atom stereocenters. The fraction of sp³-hybridized carbons (Fsp3) is 0.684. The van der Waals surface area contributed by atoms with Crippen molar-refractivity contribution in [2.75, 3.05) is 25.0 Å². The van der Waals surface area contributed by atoms with Gasteiger partial charge in [-0.15, -0.1) is 0 Å². The second kappa shape index (κ2) is 7.60. The van der Waals surface area contributed by atoms with Crippen LogP contribution in [-0.2, 0) is 11.3 Å². The van der Waals surface area contributed by atoms with Crippen LogP contribution in [-0.4, -0.2) is 49.3 Å². The van der Waals surface area contributed by atoms with E-state index in [9.17, 15) is 0 Å². The molecule has 25 heavy (non-hydrogen) atoms. The van der Waals surface area contributed by atoms with Crippen molar-refractivity contribution in [3.05, 3.63) is 23.9 Å². The maximum Gasteiger partial charge on any atom is 0.191 e. The number of pyridine rings is 1. The summed E-state index contributed by atoms with van der Waals surface area (Å²) in [6.45, 7) is 3.00. The minimum atomic E-state index is 0.357. The molecule has 2 N–H and O–H groups in total. The number of nitrogens with zero attached hydrogens (tertiary/aromatic N) is 3. The largest absolute Gasteiger partial charge is 0.373 e. The minimum Gasteiger partial charge on any atom is -0.373 e. The number of aliphatic imine (C=N–C) groups is 1. The van der Waals surface area contributed by atoms with E-state index in [4.69, 9.17) is 4.74 Å². The Morgan fingerprint density at radius 3 is 2.92 bits per heavy atom. The third kappa shape index (κ3) is 3.89. The van der Waals surface area contributed by atoms with E-state index in [1.165, 1.54) is 37.7 Å². The summed E-state index contributed by atoms with van der Waals surface area (Å²) < 4.78 is 5.92. The van der Waals surface area contributed by atoms with Crippen molar-refractivity contribution in [2.24, 2.45) is 4.99 Å². The van der Waals surface area contributed by atoms with Gasteiger partial charge in [0.05, 0.1) is 18.2 Å². The summed E-state index contributed by atoms with van der Waals surface area (Å²) >= 11 is 0. The molecule has 0 aromatic carbocycles. The molecule has 3 aliphatic heterocycles. The standard InChI is InChI=1S/C19H29N5O/c1-20-19(23-16-12-15-5-6-17(16)25-15)22-13-14-7-8-21-18(11-14)24-9-3-2-4-10-24/h7-8,11,15-17H,2-6,9-10,12-13H2,1H3,(H2,20,22,23). The lowest BCUT2D eigenvalue weighted by Gasteiger charge is -2.28. The number of piperidine rings is 1. The van der Waals surface area contributed by atoms with Gasteiger partial charge in [-0.2, -0.15) is 0 Å². The smallest absolute Gasteiger partial charge is 0.191 e. The molecule has 0 amide bonds. The van der Waals surface area contributed by atoms with Gasteiger partial charge in [0.15, 0.2) is 5.96 Å². The second-order valence-corrected chi connectivity index (χ2v) is 7.36. The van der Waals surface area contributed by atoms with Gasteiger partial charge in [-0.3, -0.25) is 4.99 Å². The zero-order chi connectivity index (χ0) is 17.1. The molecule has 0 saturated carbocycles. The first-order valence-corrected chi connectivity index (χ1v) is 9.64. The molecule has 6 heteroatoms. The summed E-state index contributed by atoms with van der Waals surface area (Å²) in [5, 5.41) is 6.97. The summed E-state index contributed by atoms with van der Waals surface area (Å²) in [7, 11) is 1.83. The molecule has 3 atom stereocenters. The SMILES string of the molecule is CN=C(NCc1ccnc(N2CCCCC2)c1)NC1CC2CCC1O2. The molecule has 0 aliphatic carbocycles. The molecule has 1 aromatic rings. The van der Waals surface area contributed by atoms with Gasteiger partial charge in [0.25, 0.3) is 0 Å². The highest BCUT2D eigenvalue weighted by atomic mass is 16.5. The molecular formula is C19H29N5O. The predicted molar refractivity (Wildman–Crippen MR) is 99.9 cm³/mol. The molecule has 4 heterocycles. The number of hydrogen-bond donors (Lipinski definition) is 2. The van der Waals surface area contributed by atoms with Crippen LogP contribution < -0.4 is 15.5 Å². The van der Waals surface area contributed by atoms with Crippen molar-refractivity contribution in [1.82, 2.24) is 15.6 Å². The third-order valence-corrected chi connectivity index (χ3v) is 5.60. The molecule has 3 aliphatic rings. The Bertz CT molecular complexity index is 614. The van der Waals surface area contributed by atoms with Gasteiger partial charge in [-0.1, -0.05) is 0 Å². The van der Waals surface area contributed by atoms with Crippen molar-refractivity contribution in [3.63, 3.8) is 0 Å². The van der Waals surface area contributed by atoms with E-state index < -0.39 is 0 Å². The lowest BCUT2D eigenvalue weighted by Crippen LogP contribution is -2.47. The lowest BCUT2D eigenvalue weighted by atomic mass is 9.96. The van der Waals surface area contributed by atoms with E-state index in [1.807, 2.05) is 13.2 Å². The van der Waals surface area contributed by atoms with Gasteiger partial charge in [-0.25, -0.2) is 4.98 Å². The Hall–Kier alpha value is -1.82. The summed E-state index contributed by atoms with van der Waals surface area (Å²) in [4.78, 5) is 11.3. The third-order valence-electron chi connectivity index (χ3n) is 5.60. The molecule has 6 nitrogen and oxygen atoms in total. The van der Waals surface area contributed by atoms with Crippen LogP contribution in [0.25, 0.3) is 0 Å². The lowest BCUT2D eigenvalue weighted by molar-refractivity contribution is 0.0992. The zero-order valence-corrected chi connectivity index (χ0v) is 15.1. The molecule has 0 spiro atoms. The van der Waals surface area contributed by atoms with Gasteiger partial charge in [0.1, 0.15) is 5.82 Å². The topological polar surface area (TPSA) is 61.8 Å². The van der Waals surface area contributed by atoms with Gasteiger partial charge in [-0.05, 0) is 56.2 Å². The van der Waals surface area contributed by atoms with Crippen molar-refractivity contribution in [1.29, 1.82) is 0 Å². The Kier molecular flexibility index (Phi) is 5.06. The number of fused-ring (bicyclic) bond motifs is 2. The number of guanidine groups is 1. The number of ether oxygens (including phenoxy) is 1. The van der Waals surface area contributed by atoms with Crippen LogP contribution in [0.1, 0.15) is 44.1 Å². The van der Waals surface area contributed by atoms with Crippen molar-refractivity contribution >= 4 is 11.8 Å². The summed E-state index contributed by atoms with van der Waals surface area (Å²) in [5.41, 5.74) is 1.24. The Balaban J connectivity index is 1.32. The first-order chi connectivity index (χ1) is 12.3. The summed E-state index contributed by atoms with van der Waals surface area (Å²) in [6, 6.07) is 4.67. The first-order valence-electron chi connectivity index (χ1n) is 9.64. The maximum absolute atomic E-state index is 5.92. The fourth-order valence-corrected chi connectivity index (χ4v) is 4.21. The molecular weight excluding hydrogens is 314 g/mol. The quantitative estimate of drug-likeness (QED) is 0.647. The van der Waals surface area contributed by atoms with Crippen LogP contribution in [0.2, 0.25) is 0 Å². The minimum absolute atomic E-state index is 0.357. The monoisotopic (exact) mass is 343 g/mol. The van der Waals surface area contributed by atoms with Crippen LogP contribution >= 0.6 is 0 Å². The first kappa shape index (κ1) is 16.6. The highest BCUT2D eigenvalue weighted by Crippen LogP contribution is 2.34. The Labute approximate surface area is 150 Å². The summed E-state index contributed by atoms with van der Waals surface area (Å²) in [5.74, 6) is 1.96. The van der Waals surface area contributed by atoms with E-state index >= 15 is 0 Å². The maximum atomic E-state index is 5.92. The average molecular weight is 343 g/mol. The Morgan fingerprint density at radius 2 is 2.20 bits per heavy atom. The van der Waals surface area contributed by atoms with E-state index in [0.29, 0.717) is 18.2 Å². The van der Waals surface area contributed by atoms with Crippen LogP contribution in [0.15, 0.2) is 23.3 Å². The average Bonchev–Trinajstić information content (AvgIpc) is 3.29. The van der Waals surface area contributed by atoms with Crippen molar-refractivity contribution in [3.8, 4) is 0 Å². The number of rotatable bonds is 4. The van der Waals surface area contributed by atoms with Crippen molar-refractivity contribution in [2.45, 2.75) is 63.3 Å². The predicted octanol–water partition coefficient (Wildman–Crippen LogP) is 2.06. The van der Waals surface area contributed by atoms with Gasteiger partial charge >= 0.3 is 0 Å². The molecule has 136 valence electrons. The second-order valence-electron chi connectivity index (χ2n) is 7.36. The van der Waals surface area contributed by atoms with Gasteiger partial charge < -0.3 is 20.3 Å². The Morgan fingerprint density at radius 1 is 1.32 bits per heavy atom. The highest BCUT2D eigenvalue weighted by molar-refractivity contribution is 5.80. The highest BCUT2D eigenvalue weighted by Gasteiger charge is 2.41. The van der Waals surface area contributed by atoms with Crippen LogP contribution in [0.3, 0.4) is 0 Å². The van der Waals surface area contributed by atoms with Crippen LogP contribution in [0.5, 0.6) is 0 Å². The molecule has 3 saturated heterocycles. The van der Waals surface area contributed by atoms with Gasteiger partial charge in [0.2, 0.25) is 0 Å². The van der Waals surface area contributed by atoms with Gasteiger partial charge in [0, 0.05) is 32.9 Å². The molecule has 1 aromatic heterocycles. The molecule has 0 radical (unpaired) electrons. The number of aromatic nitrogens is 1. The summed E-state index contributed by atoms with van der Waals surface area (Å²) in [6.07, 6.45) is 10.1. The fourth-order valence-electron chi connectivity index (χ4n) is 4.21. The number of anilines is 1. The van der Waals surface area contributed by atoms with Crippen molar-refractivity contribution < 1.29 is 4.74 Å². The van der Waals surface area contributed by atoms with E-state index in [-0.39, 0.29) is 0 Å². The van der Waals surface area contributed by atoms with Crippen LogP contribution in [0, 0.1) is 0 Å². The molecule has 4 rings (SSSR count). The van der Waals surface area contributed by atoms with E-state index in [2.05, 4.69) is 37.6 Å². The normalized spacial score (nSPS) is 29.1. The number of hydrogen-bond acceptors (Lipinski definition) is 4. The number of nitrogens with one attached hydrogen (secondary N) is 2. The zero-order valence-electron chi connectivity index (χ0n) is 15.1. The van der Waals surface area contributed by atoms with E-state index in [1.54, 1.807) is 0 Å².